The van der Waals surface area contributed by atoms with E-state index >= 15 is 0 Å². The number of thiazole rings is 1. The lowest BCUT2D eigenvalue weighted by molar-refractivity contribution is 0.0959. The summed E-state index contributed by atoms with van der Waals surface area (Å²) in [5.41, 5.74) is 6.59. The number of rotatable bonds is 5. The third kappa shape index (κ3) is 2.93. The zero-order chi connectivity index (χ0) is 18.1. The molecule has 0 saturated heterocycles. The maximum Gasteiger partial charge on any atom is 0.273 e. The minimum Gasteiger partial charge on any atom is -0.497 e. The first-order valence-corrected chi connectivity index (χ1v) is 8.48. The van der Waals surface area contributed by atoms with E-state index in [9.17, 15) is 4.79 Å². The molecule has 26 heavy (non-hydrogen) atoms. The predicted molar refractivity (Wildman–Crippen MR) is 96.4 cm³/mol. The summed E-state index contributed by atoms with van der Waals surface area (Å²) in [6, 6.07) is 8.65. The Morgan fingerprint density at radius 2 is 1.96 bits per heavy atom. The van der Waals surface area contributed by atoms with Crippen molar-refractivity contribution >= 4 is 32.6 Å². The molecule has 2 N–H and O–H groups in total. The highest BCUT2D eigenvalue weighted by molar-refractivity contribution is 7.22. The Labute approximate surface area is 152 Å². The molecule has 9 heteroatoms. The van der Waals surface area contributed by atoms with E-state index in [-0.39, 0.29) is 12.7 Å². The number of nitrogens with zero attached hydrogens (tertiary/aromatic N) is 1. The SMILES string of the molecule is COc1ccc(C(=O)NNc2nc3cc4c(cc3s2)OCO4)c(OC)c1. The number of anilines is 1. The zero-order valence-corrected chi connectivity index (χ0v) is 14.8. The highest BCUT2D eigenvalue weighted by atomic mass is 32.1. The van der Waals surface area contributed by atoms with Gasteiger partial charge in [-0.25, -0.2) is 4.98 Å². The molecule has 4 rings (SSSR count). The first-order valence-electron chi connectivity index (χ1n) is 7.66. The first kappa shape index (κ1) is 16.3. The standard InChI is InChI=1S/C17H15N3O5S/c1-22-9-3-4-10(12(5-9)23-2)16(21)19-20-17-18-11-6-13-14(25-8-24-13)7-15(11)26-17/h3-7H,8H2,1-2H3,(H,18,20)(H,19,21). The van der Waals surface area contributed by atoms with Crippen molar-refractivity contribution in [1.29, 1.82) is 0 Å². The average molecular weight is 373 g/mol. The molecule has 3 aromatic rings. The van der Waals surface area contributed by atoms with Crippen LogP contribution in [0.25, 0.3) is 10.2 Å². The van der Waals surface area contributed by atoms with Crippen LogP contribution in [-0.4, -0.2) is 31.9 Å². The number of hydrogen-bond donors (Lipinski definition) is 2. The van der Waals surface area contributed by atoms with Crippen molar-refractivity contribution in [1.82, 2.24) is 10.4 Å². The van der Waals surface area contributed by atoms with Crippen LogP contribution in [-0.2, 0) is 0 Å². The molecule has 2 aromatic carbocycles. The van der Waals surface area contributed by atoms with Crippen LogP contribution in [0.2, 0.25) is 0 Å². The van der Waals surface area contributed by atoms with E-state index in [0.29, 0.717) is 33.7 Å². The second-order valence-corrected chi connectivity index (χ2v) is 6.37. The molecule has 2 heterocycles. The summed E-state index contributed by atoms with van der Waals surface area (Å²) in [5, 5.41) is 0.546. The number of hydrazine groups is 1. The molecule has 0 fully saturated rings. The number of hydrogen-bond acceptors (Lipinski definition) is 8. The monoisotopic (exact) mass is 373 g/mol. The van der Waals surface area contributed by atoms with Crippen molar-refractivity contribution in [3.8, 4) is 23.0 Å². The number of methoxy groups -OCH3 is 2. The van der Waals surface area contributed by atoms with Crippen LogP contribution < -0.4 is 29.8 Å². The quantitative estimate of drug-likeness (QED) is 0.665. The molecule has 0 atom stereocenters. The molecule has 1 aliphatic rings. The fourth-order valence-electron chi connectivity index (χ4n) is 2.54. The van der Waals surface area contributed by atoms with Gasteiger partial charge in [-0.2, -0.15) is 0 Å². The predicted octanol–water partition coefficient (Wildman–Crippen LogP) is 2.80. The van der Waals surface area contributed by atoms with Crippen molar-refractivity contribution in [3.05, 3.63) is 35.9 Å². The lowest BCUT2D eigenvalue weighted by Gasteiger charge is -2.10. The third-order valence-corrected chi connectivity index (χ3v) is 4.75. The van der Waals surface area contributed by atoms with Gasteiger partial charge in [-0.05, 0) is 12.1 Å². The average Bonchev–Trinajstić information content (AvgIpc) is 3.28. The van der Waals surface area contributed by atoms with E-state index in [1.165, 1.54) is 18.4 Å². The number of amides is 1. The second-order valence-electron chi connectivity index (χ2n) is 5.34. The van der Waals surface area contributed by atoms with E-state index in [4.69, 9.17) is 18.9 Å². The maximum atomic E-state index is 12.4. The van der Waals surface area contributed by atoms with Gasteiger partial charge in [0.25, 0.3) is 5.91 Å². The van der Waals surface area contributed by atoms with Crippen LogP contribution in [0, 0.1) is 0 Å². The van der Waals surface area contributed by atoms with Gasteiger partial charge >= 0.3 is 0 Å². The number of benzene rings is 2. The highest BCUT2D eigenvalue weighted by Crippen LogP contribution is 2.38. The second kappa shape index (κ2) is 6.60. The Morgan fingerprint density at radius 3 is 2.73 bits per heavy atom. The van der Waals surface area contributed by atoms with Gasteiger partial charge in [-0.15, -0.1) is 0 Å². The molecule has 1 aromatic heterocycles. The molecule has 1 amide bonds. The Kier molecular flexibility index (Phi) is 4.13. The van der Waals surface area contributed by atoms with E-state index in [1.807, 2.05) is 12.1 Å². The van der Waals surface area contributed by atoms with Crippen molar-refractivity contribution in [3.63, 3.8) is 0 Å². The molecular formula is C17H15N3O5S. The van der Waals surface area contributed by atoms with Gasteiger partial charge < -0.3 is 18.9 Å². The molecular weight excluding hydrogens is 358 g/mol. The molecule has 0 unspecified atom stereocenters. The smallest absolute Gasteiger partial charge is 0.273 e. The summed E-state index contributed by atoms with van der Waals surface area (Å²) < 4.78 is 22.0. The van der Waals surface area contributed by atoms with Gasteiger partial charge in [-0.3, -0.25) is 15.6 Å². The van der Waals surface area contributed by atoms with Gasteiger partial charge in [0.15, 0.2) is 11.5 Å². The molecule has 134 valence electrons. The Morgan fingerprint density at radius 1 is 1.15 bits per heavy atom. The largest absolute Gasteiger partial charge is 0.497 e. The van der Waals surface area contributed by atoms with Gasteiger partial charge in [0, 0.05) is 18.2 Å². The van der Waals surface area contributed by atoms with Crippen LogP contribution in [0.5, 0.6) is 23.0 Å². The van der Waals surface area contributed by atoms with Gasteiger partial charge in [-0.1, -0.05) is 11.3 Å². The van der Waals surface area contributed by atoms with Crippen molar-refractivity contribution < 1.29 is 23.7 Å². The van der Waals surface area contributed by atoms with Crippen molar-refractivity contribution in [2.75, 3.05) is 26.4 Å². The fourth-order valence-corrected chi connectivity index (χ4v) is 3.36. The number of carbonyl (C=O) groups excluding carboxylic acids is 1. The summed E-state index contributed by atoms with van der Waals surface area (Å²) in [6.45, 7) is 0.220. The summed E-state index contributed by atoms with van der Waals surface area (Å²) in [6.07, 6.45) is 0. The van der Waals surface area contributed by atoms with Crippen LogP contribution >= 0.6 is 11.3 Å². The fraction of sp³-hybridized carbons (Fsp3) is 0.176. The Bertz CT molecular complexity index is 947. The number of aromatic nitrogens is 1. The van der Waals surface area contributed by atoms with Crippen LogP contribution in [0.4, 0.5) is 5.13 Å². The minimum atomic E-state index is -0.349. The van der Waals surface area contributed by atoms with E-state index < -0.39 is 0 Å². The Hall–Kier alpha value is -3.20. The van der Waals surface area contributed by atoms with Gasteiger partial charge in [0.2, 0.25) is 11.9 Å². The Balaban J connectivity index is 1.50. The summed E-state index contributed by atoms with van der Waals surface area (Å²) >= 11 is 1.39. The van der Waals surface area contributed by atoms with Gasteiger partial charge in [0.1, 0.15) is 11.5 Å². The molecule has 1 aliphatic heterocycles. The highest BCUT2D eigenvalue weighted by Gasteiger charge is 2.17. The van der Waals surface area contributed by atoms with Crippen LogP contribution in [0.15, 0.2) is 30.3 Å². The van der Waals surface area contributed by atoms with Crippen LogP contribution in [0.1, 0.15) is 10.4 Å². The first-order chi connectivity index (χ1) is 12.7. The molecule has 8 nitrogen and oxygen atoms in total. The summed E-state index contributed by atoms with van der Waals surface area (Å²) in [5.74, 6) is 2.03. The number of carbonyl (C=O) groups is 1. The van der Waals surface area contributed by atoms with Gasteiger partial charge in [0.05, 0.1) is 30.0 Å². The number of fused-ring (bicyclic) bond motifs is 2. The summed E-state index contributed by atoms with van der Waals surface area (Å²) in [7, 11) is 3.05. The third-order valence-electron chi connectivity index (χ3n) is 3.82. The van der Waals surface area contributed by atoms with Crippen LogP contribution in [0.3, 0.4) is 0 Å². The number of nitrogens with one attached hydrogen (secondary N) is 2. The van der Waals surface area contributed by atoms with Crippen molar-refractivity contribution in [2.45, 2.75) is 0 Å². The molecule has 0 saturated carbocycles. The minimum absolute atomic E-state index is 0.220. The molecule has 0 radical (unpaired) electrons. The summed E-state index contributed by atoms with van der Waals surface area (Å²) in [4.78, 5) is 16.9. The van der Waals surface area contributed by atoms with E-state index in [2.05, 4.69) is 15.8 Å². The zero-order valence-electron chi connectivity index (χ0n) is 14.0. The lowest BCUT2D eigenvalue weighted by Crippen LogP contribution is -2.29. The molecule has 0 spiro atoms. The molecule has 0 bridgehead atoms. The number of ether oxygens (including phenoxy) is 4. The van der Waals surface area contributed by atoms with E-state index in [1.54, 1.807) is 25.3 Å². The lowest BCUT2D eigenvalue weighted by atomic mass is 10.2. The van der Waals surface area contributed by atoms with E-state index in [0.717, 1.165) is 10.2 Å². The topological polar surface area (TPSA) is 90.9 Å². The maximum absolute atomic E-state index is 12.4. The molecule has 0 aliphatic carbocycles. The van der Waals surface area contributed by atoms with Crippen molar-refractivity contribution in [2.24, 2.45) is 0 Å². The normalized spacial score (nSPS) is 12.1.